The predicted octanol–water partition coefficient (Wildman–Crippen LogP) is 3.36. The molecule has 0 bridgehead atoms. The van der Waals surface area contributed by atoms with Crippen molar-refractivity contribution >= 4 is 46.0 Å². The molecular weight excluding hydrogens is 288 g/mol. The van der Waals surface area contributed by atoms with Crippen molar-refractivity contribution in [2.75, 3.05) is 25.0 Å². The zero-order chi connectivity index (χ0) is 14.7. The summed E-state index contributed by atoms with van der Waals surface area (Å²) in [5.74, 6) is -0.0205. The molecule has 3 nitrogen and oxygen atoms in total. The Labute approximate surface area is 129 Å². The van der Waals surface area contributed by atoms with Crippen LogP contribution in [0.2, 0.25) is 0 Å². The summed E-state index contributed by atoms with van der Waals surface area (Å²) >= 11 is 6.47. The third-order valence-corrected chi connectivity index (χ3v) is 4.79. The van der Waals surface area contributed by atoms with Crippen LogP contribution in [0, 0.1) is 0 Å². The van der Waals surface area contributed by atoms with E-state index in [1.165, 1.54) is 22.3 Å². The first-order valence-corrected chi connectivity index (χ1v) is 7.85. The molecule has 0 unspecified atom stereocenters. The number of thiocarbonyl (C=S) groups is 1. The van der Waals surface area contributed by atoms with E-state index in [4.69, 9.17) is 12.2 Å². The standard InChI is InChI=1S/C15H18N2OS2/c1-4-17(5-2)12-8-6-11(7-9-12)10-13-14(18)16(3)15(19)20-13/h6-10H,4-5H2,1-3H3/b13-10-. The van der Waals surface area contributed by atoms with Gasteiger partial charge in [0.05, 0.1) is 4.91 Å². The second-order valence-electron chi connectivity index (χ2n) is 4.50. The fourth-order valence-electron chi connectivity index (χ4n) is 2.07. The Morgan fingerprint density at radius 1 is 1.25 bits per heavy atom. The first kappa shape index (κ1) is 15.1. The Hall–Kier alpha value is -1.33. The molecule has 0 N–H and O–H groups in total. The van der Waals surface area contributed by atoms with Gasteiger partial charge >= 0.3 is 0 Å². The number of rotatable bonds is 4. The molecule has 0 radical (unpaired) electrons. The highest BCUT2D eigenvalue weighted by molar-refractivity contribution is 8.26. The molecule has 1 saturated heterocycles. The van der Waals surface area contributed by atoms with Gasteiger partial charge in [-0.15, -0.1) is 0 Å². The topological polar surface area (TPSA) is 23.6 Å². The van der Waals surface area contributed by atoms with E-state index in [0.717, 1.165) is 18.7 Å². The van der Waals surface area contributed by atoms with Crippen LogP contribution in [0.1, 0.15) is 19.4 Å². The smallest absolute Gasteiger partial charge is 0.265 e. The lowest BCUT2D eigenvalue weighted by Crippen LogP contribution is -2.22. The molecule has 1 amide bonds. The molecule has 1 aromatic carbocycles. The lowest BCUT2D eigenvalue weighted by molar-refractivity contribution is -0.121. The summed E-state index contributed by atoms with van der Waals surface area (Å²) in [6.45, 7) is 6.27. The number of carbonyl (C=O) groups excluding carboxylic acids is 1. The number of amides is 1. The lowest BCUT2D eigenvalue weighted by Gasteiger charge is -2.20. The number of benzene rings is 1. The average Bonchev–Trinajstić information content (AvgIpc) is 2.69. The molecule has 0 atom stereocenters. The highest BCUT2D eigenvalue weighted by Crippen LogP contribution is 2.31. The van der Waals surface area contributed by atoms with Crippen LogP contribution in [0.15, 0.2) is 29.2 Å². The van der Waals surface area contributed by atoms with E-state index < -0.39 is 0 Å². The van der Waals surface area contributed by atoms with Crippen LogP contribution in [-0.2, 0) is 4.79 Å². The van der Waals surface area contributed by atoms with Crippen molar-refractivity contribution in [1.29, 1.82) is 0 Å². The maximum absolute atomic E-state index is 11.9. The lowest BCUT2D eigenvalue weighted by atomic mass is 10.1. The van der Waals surface area contributed by atoms with Crippen molar-refractivity contribution in [2.45, 2.75) is 13.8 Å². The highest BCUT2D eigenvalue weighted by atomic mass is 32.2. The zero-order valence-electron chi connectivity index (χ0n) is 11.9. The van der Waals surface area contributed by atoms with Crippen molar-refractivity contribution in [1.82, 2.24) is 4.90 Å². The van der Waals surface area contributed by atoms with Crippen LogP contribution < -0.4 is 4.90 Å². The van der Waals surface area contributed by atoms with Gasteiger partial charge in [0, 0.05) is 25.8 Å². The van der Waals surface area contributed by atoms with Crippen molar-refractivity contribution in [3.63, 3.8) is 0 Å². The summed E-state index contributed by atoms with van der Waals surface area (Å²) in [4.78, 5) is 16.4. The van der Waals surface area contributed by atoms with Crippen LogP contribution in [0.4, 0.5) is 5.69 Å². The molecule has 1 aromatic rings. The molecule has 1 aliphatic rings. The number of hydrogen-bond donors (Lipinski definition) is 0. The van der Waals surface area contributed by atoms with E-state index in [2.05, 4.69) is 30.9 Å². The van der Waals surface area contributed by atoms with E-state index in [1.807, 2.05) is 18.2 Å². The third-order valence-electron chi connectivity index (χ3n) is 3.31. The summed E-state index contributed by atoms with van der Waals surface area (Å²) in [7, 11) is 1.71. The van der Waals surface area contributed by atoms with Crippen molar-refractivity contribution < 1.29 is 4.79 Å². The van der Waals surface area contributed by atoms with Gasteiger partial charge in [-0.3, -0.25) is 9.69 Å². The minimum absolute atomic E-state index is 0.0205. The van der Waals surface area contributed by atoms with Crippen molar-refractivity contribution in [2.24, 2.45) is 0 Å². The minimum Gasteiger partial charge on any atom is -0.372 e. The Morgan fingerprint density at radius 3 is 2.30 bits per heavy atom. The first-order chi connectivity index (χ1) is 9.56. The maximum Gasteiger partial charge on any atom is 0.265 e. The van der Waals surface area contributed by atoms with E-state index in [9.17, 15) is 4.79 Å². The molecule has 0 spiro atoms. The molecule has 106 valence electrons. The summed E-state index contributed by atoms with van der Waals surface area (Å²) in [5.41, 5.74) is 2.23. The Kier molecular flexibility index (Phi) is 4.83. The third kappa shape index (κ3) is 3.04. The Bertz CT molecular complexity index is 547. The minimum atomic E-state index is -0.0205. The quantitative estimate of drug-likeness (QED) is 0.628. The molecule has 0 aliphatic carbocycles. The molecule has 2 rings (SSSR count). The molecule has 1 heterocycles. The summed E-state index contributed by atoms with van der Waals surface area (Å²) in [5, 5.41) is 0. The Morgan fingerprint density at radius 2 is 1.85 bits per heavy atom. The van der Waals surface area contributed by atoms with Gasteiger partial charge in [-0.2, -0.15) is 0 Å². The van der Waals surface area contributed by atoms with Crippen LogP contribution in [0.5, 0.6) is 0 Å². The first-order valence-electron chi connectivity index (χ1n) is 6.63. The van der Waals surface area contributed by atoms with E-state index in [0.29, 0.717) is 9.23 Å². The van der Waals surface area contributed by atoms with Gasteiger partial charge in [-0.1, -0.05) is 36.1 Å². The van der Waals surface area contributed by atoms with Gasteiger partial charge < -0.3 is 4.90 Å². The van der Waals surface area contributed by atoms with Gasteiger partial charge in [0.15, 0.2) is 0 Å². The van der Waals surface area contributed by atoms with Crippen molar-refractivity contribution in [3.8, 4) is 0 Å². The number of likely N-dealkylation sites (N-methyl/N-ethyl adjacent to an activating group) is 1. The Balaban J connectivity index is 2.19. The number of anilines is 1. The number of carbonyl (C=O) groups is 1. The highest BCUT2D eigenvalue weighted by Gasteiger charge is 2.28. The second kappa shape index (κ2) is 6.41. The van der Waals surface area contributed by atoms with Crippen LogP contribution in [0.3, 0.4) is 0 Å². The van der Waals surface area contributed by atoms with Gasteiger partial charge in [0.25, 0.3) is 5.91 Å². The van der Waals surface area contributed by atoms with Crippen LogP contribution in [-0.4, -0.2) is 35.3 Å². The summed E-state index contributed by atoms with van der Waals surface area (Å²) in [6, 6.07) is 8.25. The van der Waals surface area contributed by atoms with E-state index >= 15 is 0 Å². The summed E-state index contributed by atoms with van der Waals surface area (Å²) < 4.78 is 0.612. The van der Waals surface area contributed by atoms with Gasteiger partial charge in [-0.25, -0.2) is 0 Å². The van der Waals surface area contributed by atoms with Gasteiger partial charge in [0.2, 0.25) is 0 Å². The zero-order valence-corrected chi connectivity index (χ0v) is 13.6. The predicted molar refractivity (Wildman–Crippen MR) is 90.9 cm³/mol. The molecule has 1 fully saturated rings. The molecule has 5 heteroatoms. The fraction of sp³-hybridized carbons (Fsp3) is 0.333. The average molecular weight is 306 g/mol. The normalized spacial score (nSPS) is 17.1. The number of thioether (sulfide) groups is 1. The van der Waals surface area contributed by atoms with E-state index in [-0.39, 0.29) is 5.91 Å². The van der Waals surface area contributed by atoms with Crippen LogP contribution in [0.25, 0.3) is 6.08 Å². The molecule has 1 aliphatic heterocycles. The van der Waals surface area contributed by atoms with E-state index in [1.54, 1.807) is 7.05 Å². The van der Waals surface area contributed by atoms with Crippen molar-refractivity contribution in [3.05, 3.63) is 34.7 Å². The van der Waals surface area contributed by atoms with Gasteiger partial charge in [0.1, 0.15) is 4.32 Å². The molecule has 0 aromatic heterocycles. The van der Waals surface area contributed by atoms with Crippen LogP contribution >= 0.6 is 24.0 Å². The monoisotopic (exact) mass is 306 g/mol. The SMILES string of the molecule is CCN(CC)c1ccc(/C=C2\SC(=S)N(C)C2=O)cc1. The molecule has 0 saturated carbocycles. The fourth-order valence-corrected chi connectivity index (χ4v) is 3.25. The molecule has 20 heavy (non-hydrogen) atoms. The largest absolute Gasteiger partial charge is 0.372 e. The maximum atomic E-state index is 11.9. The summed E-state index contributed by atoms with van der Waals surface area (Å²) in [6.07, 6.45) is 1.90. The van der Waals surface area contributed by atoms with Gasteiger partial charge in [-0.05, 0) is 37.6 Å². The number of nitrogens with zero attached hydrogens (tertiary/aromatic N) is 2. The number of hydrogen-bond acceptors (Lipinski definition) is 4. The second-order valence-corrected chi connectivity index (χ2v) is 6.18. The molecular formula is C15H18N2OS2.